The fourth-order valence-electron chi connectivity index (χ4n) is 2.35. The second-order valence-electron chi connectivity index (χ2n) is 5.29. The van der Waals surface area contributed by atoms with Gasteiger partial charge in [-0.1, -0.05) is 0 Å². The van der Waals surface area contributed by atoms with Crippen LogP contribution in [0.3, 0.4) is 0 Å². The molecular weight excluding hydrogens is 443 g/mol. The zero-order valence-electron chi connectivity index (χ0n) is 14.3. The predicted molar refractivity (Wildman–Crippen MR) is 99.5 cm³/mol. The SMILES string of the molecule is COc1ccc(C(=O)c2cc(S(=O)(=O)O)c(OC)c(O)c2O)c(S(=O)(=O)O)c1.[NaH]. The van der Waals surface area contributed by atoms with Crippen molar-refractivity contribution in [2.24, 2.45) is 0 Å². The molecule has 0 bridgehead atoms. The summed E-state index contributed by atoms with van der Waals surface area (Å²) in [6.07, 6.45) is 0. The van der Waals surface area contributed by atoms with Crippen LogP contribution in [-0.4, -0.2) is 85.7 Å². The van der Waals surface area contributed by atoms with Crippen molar-refractivity contribution >= 4 is 55.6 Å². The molecule has 11 nitrogen and oxygen atoms in total. The minimum absolute atomic E-state index is 0. The molecule has 0 spiro atoms. The van der Waals surface area contributed by atoms with Crippen molar-refractivity contribution in [3.8, 4) is 23.0 Å². The van der Waals surface area contributed by atoms with Crippen molar-refractivity contribution in [2.75, 3.05) is 14.2 Å². The van der Waals surface area contributed by atoms with Crippen LogP contribution in [-0.2, 0) is 20.2 Å². The Bertz CT molecular complexity index is 1170. The van der Waals surface area contributed by atoms with Crippen molar-refractivity contribution < 1.29 is 50.4 Å². The average molecular weight is 458 g/mol. The first-order chi connectivity index (χ1) is 12.8. The topological polar surface area (TPSA) is 185 Å². The summed E-state index contributed by atoms with van der Waals surface area (Å²) in [7, 11) is -7.80. The number of phenols is 2. The molecule has 0 aliphatic rings. The Hall–Kier alpha value is -1.87. The number of phenolic OH excluding ortho intramolecular Hbond substituents is 2. The van der Waals surface area contributed by atoms with Crippen LogP contribution in [0.4, 0.5) is 0 Å². The zero-order chi connectivity index (χ0) is 21.4. The van der Waals surface area contributed by atoms with E-state index in [1.807, 2.05) is 0 Å². The molecule has 2 aromatic carbocycles. The number of carbonyl (C=O) groups is 1. The van der Waals surface area contributed by atoms with E-state index in [-0.39, 0.29) is 35.3 Å². The van der Waals surface area contributed by atoms with Crippen molar-refractivity contribution in [2.45, 2.75) is 9.79 Å². The monoisotopic (exact) mass is 458 g/mol. The summed E-state index contributed by atoms with van der Waals surface area (Å²) in [6.45, 7) is 0. The summed E-state index contributed by atoms with van der Waals surface area (Å²) in [5, 5.41) is 20.0. The van der Waals surface area contributed by atoms with E-state index >= 15 is 0 Å². The van der Waals surface area contributed by atoms with Crippen LogP contribution in [0.15, 0.2) is 34.1 Å². The molecular formula is C15H15NaO11S2. The van der Waals surface area contributed by atoms with Crippen LogP contribution >= 0.6 is 0 Å². The van der Waals surface area contributed by atoms with Gasteiger partial charge < -0.3 is 19.7 Å². The second kappa shape index (κ2) is 8.87. The number of carbonyl (C=O) groups excluding carboxylic acids is 1. The third kappa shape index (κ3) is 5.01. The molecule has 0 amide bonds. The third-order valence-electron chi connectivity index (χ3n) is 3.63. The average Bonchev–Trinajstić information content (AvgIpc) is 2.61. The maximum atomic E-state index is 12.8. The van der Waals surface area contributed by atoms with E-state index < -0.39 is 64.2 Å². The molecule has 0 radical (unpaired) electrons. The second-order valence-corrected chi connectivity index (χ2v) is 8.07. The van der Waals surface area contributed by atoms with Gasteiger partial charge in [-0.25, -0.2) is 0 Å². The Morgan fingerprint density at radius 3 is 1.83 bits per heavy atom. The van der Waals surface area contributed by atoms with Gasteiger partial charge in [-0.3, -0.25) is 13.9 Å². The van der Waals surface area contributed by atoms with Gasteiger partial charge in [-0.2, -0.15) is 16.8 Å². The first kappa shape index (κ1) is 25.2. The number of ether oxygens (including phenoxy) is 2. The molecule has 0 atom stereocenters. The molecule has 0 saturated heterocycles. The van der Waals surface area contributed by atoms with Crippen LogP contribution in [0.2, 0.25) is 0 Å². The van der Waals surface area contributed by atoms with Gasteiger partial charge in [0, 0.05) is 11.6 Å². The van der Waals surface area contributed by atoms with Crippen LogP contribution in [0.1, 0.15) is 15.9 Å². The van der Waals surface area contributed by atoms with E-state index in [1.54, 1.807) is 0 Å². The minimum atomic E-state index is -5.01. The van der Waals surface area contributed by atoms with Crippen molar-refractivity contribution in [1.82, 2.24) is 0 Å². The predicted octanol–water partition coefficient (Wildman–Crippen LogP) is 0.191. The van der Waals surface area contributed by atoms with E-state index in [0.29, 0.717) is 6.07 Å². The first-order valence-electron chi connectivity index (χ1n) is 7.13. The number of benzene rings is 2. The van der Waals surface area contributed by atoms with Crippen molar-refractivity contribution in [1.29, 1.82) is 0 Å². The van der Waals surface area contributed by atoms with Gasteiger partial charge >= 0.3 is 29.6 Å². The Kier molecular flexibility index (Phi) is 7.70. The Morgan fingerprint density at radius 1 is 0.828 bits per heavy atom. The third-order valence-corrected chi connectivity index (χ3v) is 5.38. The molecule has 154 valence electrons. The Labute approximate surface area is 187 Å². The molecule has 0 aliphatic carbocycles. The zero-order valence-corrected chi connectivity index (χ0v) is 15.9. The molecule has 0 aromatic heterocycles. The van der Waals surface area contributed by atoms with Gasteiger partial charge in [-0.15, -0.1) is 0 Å². The number of rotatable bonds is 6. The van der Waals surface area contributed by atoms with Gasteiger partial charge in [0.1, 0.15) is 15.5 Å². The first-order valence-corrected chi connectivity index (χ1v) is 10.0. The van der Waals surface area contributed by atoms with E-state index in [1.165, 1.54) is 13.2 Å². The Morgan fingerprint density at radius 2 is 1.38 bits per heavy atom. The van der Waals surface area contributed by atoms with Gasteiger partial charge in [-0.05, 0) is 18.2 Å². The van der Waals surface area contributed by atoms with Gasteiger partial charge in [0.25, 0.3) is 20.2 Å². The molecule has 0 fully saturated rings. The molecule has 29 heavy (non-hydrogen) atoms. The number of hydrogen-bond acceptors (Lipinski definition) is 9. The van der Waals surface area contributed by atoms with E-state index in [4.69, 9.17) is 4.74 Å². The van der Waals surface area contributed by atoms with E-state index in [9.17, 15) is 40.9 Å². The van der Waals surface area contributed by atoms with Gasteiger partial charge in [0.15, 0.2) is 17.3 Å². The molecule has 0 saturated carbocycles. The van der Waals surface area contributed by atoms with Crippen LogP contribution in [0.25, 0.3) is 0 Å². The molecule has 2 aromatic rings. The number of ketones is 1. The van der Waals surface area contributed by atoms with Crippen LogP contribution in [0, 0.1) is 0 Å². The molecule has 0 aliphatic heterocycles. The standard InChI is InChI=1S/C15H14O11S2.Na.H/c1-25-7-3-4-8(10(5-7)27(19,20)21)12(16)9-6-11(28(22,23)24)15(26-2)14(18)13(9)17;;/h3-6,17-18H,1-2H3,(H,19,20,21)(H,22,23,24);;. The summed E-state index contributed by atoms with van der Waals surface area (Å²) in [4.78, 5) is 10.8. The van der Waals surface area contributed by atoms with Gasteiger partial charge in [0.05, 0.1) is 19.8 Å². The molecule has 0 unspecified atom stereocenters. The number of hydrogen-bond donors (Lipinski definition) is 4. The Balaban J connectivity index is 0.00000420. The number of methoxy groups -OCH3 is 2. The summed E-state index contributed by atoms with van der Waals surface area (Å²) in [5.74, 6) is -4.45. The fraction of sp³-hybridized carbons (Fsp3) is 0.133. The van der Waals surface area contributed by atoms with E-state index in [0.717, 1.165) is 19.2 Å². The van der Waals surface area contributed by atoms with Crippen LogP contribution < -0.4 is 9.47 Å². The normalized spacial score (nSPS) is 11.4. The quantitative estimate of drug-likeness (QED) is 0.200. The summed E-state index contributed by atoms with van der Waals surface area (Å²) >= 11 is 0. The van der Waals surface area contributed by atoms with Gasteiger partial charge in [0.2, 0.25) is 5.75 Å². The molecule has 4 N–H and O–H groups in total. The summed E-state index contributed by atoms with van der Waals surface area (Å²) in [5.41, 5.74) is -1.54. The summed E-state index contributed by atoms with van der Waals surface area (Å²) < 4.78 is 74.4. The molecule has 0 heterocycles. The molecule has 14 heteroatoms. The van der Waals surface area contributed by atoms with Crippen LogP contribution in [0.5, 0.6) is 23.0 Å². The van der Waals surface area contributed by atoms with Crippen molar-refractivity contribution in [3.63, 3.8) is 0 Å². The van der Waals surface area contributed by atoms with Crippen molar-refractivity contribution in [3.05, 3.63) is 35.4 Å². The maximum absolute atomic E-state index is 12.8. The summed E-state index contributed by atoms with van der Waals surface area (Å²) in [6, 6.07) is 3.43. The van der Waals surface area contributed by atoms with E-state index in [2.05, 4.69) is 4.74 Å². The molecule has 2 rings (SSSR count). The fourth-order valence-corrected chi connectivity index (χ4v) is 3.74. The number of aromatic hydroxyl groups is 2.